The number of benzene rings is 1. The summed E-state index contributed by atoms with van der Waals surface area (Å²) < 4.78 is 16.2. The van der Waals surface area contributed by atoms with Crippen molar-refractivity contribution >= 4 is 0 Å². The van der Waals surface area contributed by atoms with Gasteiger partial charge in [-0.2, -0.15) is 4.98 Å². The van der Waals surface area contributed by atoms with Crippen molar-refractivity contribution in [2.24, 2.45) is 0 Å². The largest absolute Gasteiger partial charge is 0.497 e. The van der Waals surface area contributed by atoms with Crippen LogP contribution in [0.15, 0.2) is 28.8 Å². The molecule has 1 saturated heterocycles. The molecule has 2 atom stereocenters. The summed E-state index contributed by atoms with van der Waals surface area (Å²) in [5.41, 5.74) is 0.878. The highest BCUT2D eigenvalue weighted by atomic mass is 16.5. The van der Waals surface area contributed by atoms with E-state index in [-0.39, 0.29) is 12.0 Å². The molecule has 0 radical (unpaired) electrons. The quantitative estimate of drug-likeness (QED) is 0.905. The van der Waals surface area contributed by atoms with Gasteiger partial charge in [-0.3, -0.25) is 0 Å². The minimum absolute atomic E-state index is 0.108. The van der Waals surface area contributed by atoms with Gasteiger partial charge in [0.1, 0.15) is 5.75 Å². The lowest BCUT2D eigenvalue weighted by Crippen LogP contribution is -2.34. The Morgan fingerprint density at radius 1 is 1.38 bits per heavy atom. The molecule has 3 rings (SSSR count). The SMILES string of the molecule is CCNC1COCC1c1nc(-c2cccc(OC)c2)no1. The molecule has 0 saturated carbocycles. The number of hydrogen-bond acceptors (Lipinski definition) is 6. The van der Waals surface area contributed by atoms with E-state index in [0.29, 0.717) is 24.9 Å². The molecule has 1 N–H and O–H groups in total. The first-order chi connectivity index (χ1) is 10.3. The Bertz CT molecular complexity index is 599. The van der Waals surface area contributed by atoms with Crippen molar-refractivity contribution < 1.29 is 14.0 Å². The van der Waals surface area contributed by atoms with Crippen LogP contribution in [-0.4, -0.2) is 43.1 Å². The van der Waals surface area contributed by atoms with Gasteiger partial charge in [0.25, 0.3) is 0 Å². The van der Waals surface area contributed by atoms with Crippen molar-refractivity contribution in [2.75, 3.05) is 26.9 Å². The molecule has 112 valence electrons. The zero-order valence-corrected chi connectivity index (χ0v) is 12.2. The molecule has 0 bridgehead atoms. The predicted molar refractivity (Wildman–Crippen MR) is 77.3 cm³/mol. The Morgan fingerprint density at radius 3 is 3.10 bits per heavy atom. The Balaban J connectivity index is 1.82. The lowest BCUT2D eigenvalue weighted by Gasteiger charge is -2.13. The number of likely N-dealkylation sites (N-methyl/N-ethyl adjacent to an activating group) is 1. The number of nitrogens with one attached hydrogen (secondary N) is 1. The van der Waals surface area contributed by atoms with Crippen LogP contribution in [0.4, 0.5) is 0 Å². The number of nitrogens with zero attached hydrogens (tertiary/aromatic N) is 2. The summed E-state index contributed by atoms with van der Waals surface area (Å²) in [6, 6.07) is 7.85. The van der Waals surface area contributed by atoms with Crippen molar-refractivity contribution in [3.05, 3.63) is 30.2 Å². The number of hydrogen-bond donors (Lipinski definition) is 1. The van der Waals surface area contributed by atoms with Gasteiger partial charge >= 0.3 is 0 Å². The highest BCUT2D eigenvalue weighted by Crippen LogP contribution is 2.27. The summed E-state index contributed by atoms with van der Waals surface area (Å²) in [6.07, 6.45) is 0. The smallest absolute Gasteiger partial charge is 0.234 e. The van der Waals surface area contributed by atoms with Crippen LogP contribution in [0.1, 0.15) is 18.7 Å². The molecule has 6 heteroatoms. The van der Waals surface area contributed by atoms with E-state index < -0.39 is 0 Å². The molecule has 0 spiro atoms. The van der Waals surface area contributed by atoms with Crippen molar-refractivity contribution in [2.45, 2.75) is 18.9 Å². The fraction of sp³-hybridized carbons (Fsp3) is 0.467. The van der Waals surface area contributed by atoms with Crippen LogP contribution in [-0.2, 0) is 4.74 Å². The van der Waals surface area contributed by atoms with Crippen molar-refractivity contribution in [3.8, 4) is 17.1 Å². The molecule has 0 aliphatic carbocycles. The lowest BCUT2D eigenvalue weighted by atomic mass is 10.0. The molecule has 0 amide bonds. The molecular formula is C15H19N3O3. The van der Waals surface area contributed by atoms with Crippen LogP contribution in [0.5, 0.6) is 5.75 Å². The topological polar surface area (TPSA) is 69.4 Å². The average Bonchev–Trinajstić information content (AvgIpc) is 3.16. The van der Waals surface area contributed by atoms with Gasteiger partial charge in [-0.1, -0.05) is 24.2 Å². The third kappa shape index (κ3) is 2.91. The summed E-state index contributed by atoms with van der Waals surface area (Å²) in [7, 11) is 1.64. The van der Waals surface area contributed by atoms with E-state index in [1.165, 1.54) is 0 Å². The molecule has 1 aliphatic rings. The van der Waals surface area contributed by atoms with Gasteiger partial charge in [0.15, 0.2) is 0 Å². The van der Waals surface area contributed by atoms with E-state index in [9.17, 15) is 0 Å². The van der Waals surface area contributed by atoms with E-state index in [0.717, 1.165) is 17.9 Å². The fourth-order valence-electron chi connectivity index (χ4n) is 2.53. The van der Waals surface area contributed by atoms with Crippen molar-refractivity contribution in [1.82, 2.24) is 15.5 Å². The normalized spacial score (nSPS) is 21.6. The first-order valence-corrected chi connectivity index (χ1v) is 7.11. The molecule has 1 aromatic carbocycles. The molecular weight excluding hydrogens is 270 g/mol. The minimum atomic E-state index is 0.108. The standard InChI is InChI=1S/C15H19N3O3/c1-3-16-13-9-20-8-12(13)15-17-14(18-21-15)10-5-4-6-11(7-10)19-2/h4-7,12-13,16H,3,8-9H2,1-2H3. The van der Waals surface area contributed by atoms with Crippen molar-refractivity contribution in [1.29, 1.82) is 0 Å². The lowest BCUT2D eigenvalue weighted by molar-refractivity contribution is 0.185. The van der Waals surface area contributed by atoms with Gasteiger partial charge < -0.3 is 19.3 Å². The molecule has 2 aromatic rings. The predicted octanol–water partition coefficient (Wildman–Crippen LogP) is 1.84. The molecule has 21 heavy (non-hydrogen) atoms. The van der Waals surface area contributed by atoms with Gasteiger partial charge in [0.05, 0.1) is 26.2 Å². The highest BCUT2D eigenvalue weighted by molar-refractivity contribution is 5.56. The second kappa shape index (κ2) is 6.24. The first-order valence-electron chi connectivity index (χ1n) is 7.11. The Morgan fingerprint density at radius 2 is 2.29 bits per heavy atom. The van der Waals surface area contributed by atoms with Crippen LogP contribution >= 0.6 is 0 Å². The highest BCUT2D eigenvalue weighted by Gasteiger charge is 2.33. The number of methoxy groups -OCH3 is 1. The molecule has 2 unspecified atom stereocenters. The zero-order valence-electron chi connectivity index (χ0n) is 12.2. The van der Waals surface area contributed by atoms with Crippen LogP contribution in [0, 0.1) is 0 Å². The van der Waals surface area contributed by atoms with Gasteiger partial charge in [-0.15, -0.1) is 0 Å². The molecule has 6 nitrogen and oxygen atoms in total. The summed E-state index contributed by atoms with van der Waals surface area (Å²) in [5.74, 6) is 2.08. The number of aromatic nitrogens is 2. The van der Waals surface area contributed by atoms with E-state index >= 15 is 0 Å². The van der Waals surface area contributed by atoms with E-state index in [1.807, 2.05) is 24.3 Å². The third-order valence-corrected chi connectivity index (χ3v) is 3.63. The van der Waals surface area contributed by atoms with Crippen LogP contribution in [0.2, 0.25) is 0 Å². The average molecular weight is 289 g/mol. The second-order valence-electron chi connectivity index (χ2n) is 5.00. The Kier molecular flexibility index (Phi) is 4.17. The molecule has 1 aromatic heterocycles. The maximum Gasteiger partial charge on any atom is 0.234 e. The molecule has 2 heterocycles. The number of rotatable bonds is 5. The number of ether oxygens (including phenoxy) is 2. The maximum absolute atomic E-state index is 5.52. The fourth-order valence-corrected chi connectivity index (χ4v) is 2.53. The summed E-state index contributed by atoms with van der Waals surface area (Å²) in [6.45, 7) is 4.25. The first kappa shape index (κ1) is 14.0. The monoisotopic (exact) mass is 289 g/mol. The van der Waals surface area contributed by atoms with Gasteiger partial charge in [-0.05, 0) is 18.7 Å². The Labute approximate surface area is 123 Å². The maximum atomic E-state index is 5.52. The van der Waals surface area contributed by atoms with Crippen LogP contribution in [0.25, 0.3) is 11.4 Å². The van der Waals surface area contributed by atoms with Crippen LogP contribution < -0.4 is 10.1 Å². The third-order valence-electron chi connectivity index (χ3n) is 3.63. The van der Waals surface area contributed by atoms with Gasteiger partial charge in [0.2, 0.25) is 11.7 Å². The zero-order chi connectivity index (χ0) is 14.7. The van der Waals surface area contributed by atoms with E-state index in [2.05, 4.69) is 22.4 Å². The summed E-state index contributed by atoms with van der Waals surface area (Å²) in [4.78, 5) is 4.52. The summed E-state index contributed by atoms with van der Waals surface area (Å²) >= 11 is 0. The Hall–Kier alpha value is -1.92. The molecule has 1 aliphatic heterocycles. The van der Waals surface area contributed by atoms with Crippen LogP contribution in [0.3, 0.4) is 0 Å². The van der Waals surface area contributed by atoms with E-state index in [1.54, 1.807) is 7.11 Å². The van der Waals surface area contributed by atoms with Gasteiger partial charge in [-0.25, -0.2) is 0 Å². The van der Waals surface area contributed by atoms with Crippen molar-refractivity contribution in [3.63, 3.8) is 0 Å². The molecule has 1 fully saturated rings. The summed E-state index contributed by atoms with van der Waals surface area (Å²) in [5, 5.41) is 7.46. The van der Waals surface area contributed by atoms with Gasteiger partial charge in [0, 0.05) is 11.6 Å². The second-order valence-corrected chi connectivity index (χ2v) is 5.00. The minimum Gasteiger partial charge on any atom is -0.497 e. The van der Waals surface area contributed by atoms with E-state index in [4.69, 9.17) is 14.0 Å².